The van der Waals surface area contributed by atoms with Crippen molar-refractivity contribution in [3.05, 3.63) is 36.4 Å². The standard InChI is InChI=1S/C19H16F8N2O4/c20-15(21)5-6-16(22,32-9-1-3-11(28)13(30)7-9)19(27,18(25,26)17(15,23)24)33-10-2-4-12(29)14(31)8-10/h1-4,7-8,30-31H,5-6,28-29H2. The first kappa shape index (κ1) is 24.3. The van der Waals surface area contributed by atoms with Gasteiger partial charge in [-0.05, 0) is 24.3 Å². The van der Waals surface area contributed by atoms with Crippen LogP contribution in [0.5, 0.6) is 23.0 Å². The summed E-state index contributed by atoms with van der Waals surface area (Å²) in [5.74, 6) is -32.6. The van der Waals surface area contributed by atoms with Gasteiger partial charge >= 0.3 is 29.5 Å². The van der Waals surface area contributed by atoms with E-state index in [1.807, 2.05) is 0 Å². The molecule has 0 spiro atoms. The number of anilines is 2. The number of hydrogen-bond acceptors (Lipinski definition) is 6. The minimum Gasteiger partial charge on any atom is -0.506 e. The molecule has 0 saturated heterocycles. The maximum absolute atomic E-state index is 15.8. The largest absolute Gasteiger partial charge is 0.506 e. The molecule has 33 heavy (non-hydrogen) atoms. The number of aromatic hydroxyl groups is 2. The number of nitrogen functional groups attached to an aromatic ring is 2. The van der Waals surface area contributed by atoms with Gasteiger partial charge in [0.25, 0.3) is 0 Å². The maximum atomic E-state index is 15.8. The number of ether oxygens (including phenoxy) is 2. The third-order valence-corrected chi connectivity index (χ3v) is 5.04. The van der Waals surface area contributed by atoms with Crippen LogP contribution in [0.1, 0.15) is 12.8 Å². The Hall–Kier alpha value is -3.32. The molecule has 6 nitrogen and oxygen atoms in total. The Morgan fingerprint density at radius 3 is 1.58 bits per heavy atom. The highest BCUT2D eigenvalue weighted by Crippen LogP contribution is 2.61. The Morgan fingerprint density at radius 2 is 1.12 bits per heavy atom. The van der Waals surface area contributed by atoms with E-state index in [1.54, 1.807) is 0 Å². The van der Waals surface area contributed by atoms with Gasteiger partial charge in [-0.1, -0.05) is 0 Å². The molecule has 2 atom stereocenters. The van der Waals surface area contributed by atoms with Gasteiger partial charge in [-0.25, -0.2) is 0 Å². The van der Waals surface area contributed by atoms with Crippen molar-refractivity contribution in [1.29, 1.82) is 0 Å². The van der Waals surface area contributed by atoms with Gasteiger partial charge in [-0.3, -0.25) is 0 Å². The van der Waals surface area contributed by atoms with Gasteiger partial charge in [0.15, 0.2) is 0 Å². The summed E-state index contributed by atoms with van der Waals surface area (Å²) in [5.41, 5.74) is 9.94. The van der Waals surface area contributed by atoms with Crippen LogP contribution in [0.25, 0.3) is 0 Å². The van der Waals surface area contributed by atoms with Crippen LogP contribution >= 0.6 is 0 Å². The van der Waals surface area contributed by atoms with Crippen LogP contribution in [0.4, 0.5) is 46.5 Å². The molecular formula is C19H16F8N2O4. The summed E-state index contributed by atoms with van der Waals surface area (Å²) in [6.07, 6.45) is -4.30. The van der Waals surface area contributed by atoms with Gasteiger partial charge in [-0.15, -0.1) is 0 Å². The number of rotatable bonds is 4. The fraction of sp³-hybridized carbons (Fsp3) is 0.368. The molecule has 0 amide bonds. The first-order chi connectivity index (χ1) is 15.0. The second kappa shape index (κ2) is 7.35. The smallest absolute Gasteiger partial charge is 0.391 e. The van der Waals surface area contributed by atoms with Crippen molar-refractivity contribution in [2.45, 2.75) is 42.3 Å². The molecule has 6 N–H and O–H groups in total. The molecule has 182 valence electrons. The van der Waals surface area contributed by atoms with Crippen LogP contribution in [-0.2, 0) is 0 Å². The van der Waals surface area contributed by atoms with Crippen molar-refractivity contribution >= 4 is 11.4 Å². The lowest BCUT2D eigenvalue weighted by Crippen LogP contribution is -2.71. The van der Waals surface area contributed by atoms with Gasteiger partial charge in [0.2, 0.25) is 0 Å². The Bertz CT molecular complexity index is 1070. The number of phenolic OH excluding ortho intramolecular Hbond substituents is 2. The van der Waals surface area contributed by atoms with Crippen LogP contribution in [-0.4, -0.2) is 39.7 Å². The average molecular weight is 488 g/mol. The number of phenols is 2. The number of nitrogens with two attached hydrogens (primary N) is 2. The summed E-state index contributed by atoms with van der Waals surface area (Å²) in [5, 5.41) is 19.1. The summed E-state index contributed by atoms with van der Waals surface area (Å²) in [7, 11) is 0. The minimum absolute atomic E-state index is 0.306. The molecule has 14 heteroatoms. The van der Waals surface area contributed by atoms with Crippen LogP contribution in [0, 0.1) is 0 Å². The van der Waals surface area contributed by atoms with Gasteiger partial charge in [-0.2, -0.15) is 35.1 Å². The third kappa shape index (κ3) is 3.56. The van der Waals surface area contributed by atoms with Crippen molar-refractivity contribution < 1.29 is 54.8 Å². The molecular weight excluding hydrogens is 472 g/mol. The van der Waals surface area contributed by atoms with E-state index >= 15 is 8.78 Å². The van der Waals surface area contributed by atoms with Gasteiger partial charge in [0.05, 0.1) is 11.4 Å². The molecule has 2 aromatic rings. The van der Waals surface area contributed by atoms with E-state index in [9.17, 15) is 36.6 Å². The number of alkyl halides is 8. The predicted octanol–water partition coefficient (Wildman–Crippen LogP) is 4.75. The number of halogens is 8. The Morgan fingerprint density at radius 1 is 0.667 bits per heavy atom. The van der Waals surface area contributed by atoms with Crippen LogP contribution < -0.4 is 20.9 Å². The van der Waals surface area contributed by atoms with E-state index in [2.05, 4.69) is 9.47 Å². The van der Waals surface area contributed by atoms with E-state index in [4.69, 9.17) is 11.5 Å². The van der Waals surface area contributed by atoms with Crippen molar-refractivity contribution in [2.24, 2.45) is 0 Å². The topological polar surface area (TPSA) is 111 Å². The highest BCUT2D eigenvalue weighted by atomic mass is 19.3. The van der Waals surface area contributed by atoms with Crippen LogP contribution in [0.15, 0.2) is 36.4 Å². The summed E-state index contributed by atoms with van der Waals surface area (Å²) in [6.45, 7) is 0. The molecule has 1 fully saturated rings. The van der Waals surface area contributed by atoms with E-state index in [0.29, 0.717) is 18.2 Å². The number of hydrogen-bond donors (Lipinski definition) is 4. The molecule has 2 unspecified atom stereocenters. The quantitative estimate of drug-likeness (QED) is 0.214. The molecule has 0 bridgehead atoms. The molecule has 1 aliphatic rings. The Labute approximate surface area is 180 Å². The summed E-state index contributed by atoms with van der Waals surface area (Å²) < 4.78 is 126. The predicted molar refractivity (Wildman–Crippen MR) is 98.0 cm³/mol. The lowest BCUT2D eigenvalue weighted by Gasteiger charge is -2.42. The highest BCUT2D eigenvalue weighted by Gasteiger charge is 2.89. The third-order valence-electron chi connectivity index (χ3n) is 5.04. The summed E-state index contributed by atoms with van der Waals surface area (Å²) >= 11 is 0. The highest BCUT2D eigenvalue weighted by molar-refractivity contribution is 5.55. The zero-order valence-corrected chi connectivity index (χ0v) is 16.3. The molecule has 0 aliphatic heterocycles. The monoisotopic (exact) mass is 488 g/mol. The zero-order chi connectivity index (χ0) is 25.0. The van der Waals surface area contributed by atoms with E-state index in [1.165, 1.54) is 0 Å². The van der Waals surface area contributed by atoms with Gasteiger partial charge in [0, 0.05) is 25.0 Å². The fourth-order valence-electron chi connectivity index (χ4n) is 3.08. The summed E-state index contributed by atoms with van der Waals surface area (Å²) in [4.78, 5) is 0. The molecule has 0 heterocycles. The zero-order valence-electron chi connectivity index (χ0n) is 16.3. The molecule has 2 aromatic carbocycles. The van der Waals surface area contributed by atoms with Crippen molar-refractivity contribution in [2.75, 3.05) is 11.5 Å². The van der Waals surface area contributed by atoms with Gasteiger partial charge in [0.1, 0.15) is 23.0 Å². The molecule has 1 aliphatic carbocycles. The van der Waals surface area contributed by atoms with E-state index in [-0.39, 0.29) is 11.4 Å². The van der Waals surface area contributed by atoms with Crippen LogP contribution in [0.3, 0.4) is 0 Å². The average Bonchev–Trinajstić information content (AvgIpc) is 2.73. The second-order valence-corrected chi connectivity index (χ2v) is 7.32. The van der Waals surface area contributed by atoms with Crippen LogP contribution in [0.2, 0.25) is 0 Å². The fourth-order valence-corrected chi connectivity index (χ4v) is 3.08. The van der Waals surface area contributed by atoms with Crippen molar-refractivity contribution in [1.82, 2.24) is 0 Å². The van der Waals surface area contributed by atoms with E-state index < -0.39 is 65.3 Å². The number of benzene rings is 2. The van der Waals surface area contributed by atoms with Crippen molar-refractivity contribution in [3.8, 4) is 23.0 Å². The van der Waals surface area contributed by atoms with E-state index in [0.717, 1.165) is 18.2 Å². The SMILES string of the molecule is Nc1ccc(OC2(F)CCC(F)(F)C(F)(F)C(F)(F)C2(F)Oc2ccc(N)c(O)c2)cc1O. The summed E-state index contributed by atoms with van der Waals surface area (Å²) in [6, 6.07) is 3.88. The normalized spacial score (nSPS) is 28.0. The molecule has 1 saturated carbocycles. The molecule has 0 aromatic heterocycles. The maximum Gasteiger partial charge on any atom is 0.391 e. The molecule has 3 rings (SSSR count). The first-order valence-electron chi connectivity index (χ1n) is 9.04. The second-order valence-electron chi connectivity index (χ2n) is 7.32. The Kier molecular flexibility index (Phi) is 5.42. The minimum atomic E-state index is -6.53. The van der Waals surface area contributed by atoms with Gasteiger partial charge < -0.3 is 31.2 Å². The molecule has 0 radical (unpaired) electrons. The van der Waals surface area contributed by atoms with Crippen molar-refractivity contribution in [3.63, 3.8) is 0 Å². The lowest BCUT2D eigenvalue weighted by atomic mass is 9.96. The first-order valence-corrected chi connectivity index (χ1v) is 9.04. The lowest BCUT2D eigenvalue weighted by molar-refractivity contribution is -0.404. The Balaban J connectivity index is 2.20.